The minimum Gasteiger partial charge on any atom is -0.748 e. The molecule has 1 rings (SSSR count). The molecule has 1 aromatic heterocycles. The molecular weight excluding hydrogens is 246 g/mol. The van der Waals surface area contributed by atoms with Crippen molar-refractivity contribution in [1.82, 2.24) is 0 Å². The fourth-order valence-corrected chi connectivity index (χ4v) is 1.89. The van der Waals surface area contributed by atoms with Gasteiger partial charge in [0.15, 0.2) is 18.4 Å². The van der Waals surface area contributed by atoms with Crippen LogP contribution in [0.25, 0.3) is 0 Å². The summed E-state index contributed by atoms with van der Waals surface area (Å²) in [4.78, 5) is 0. The Balaban J connectivity index is 2.77. The molecular formula is C10H15NO5S. The highest BCUT2D eigenvalue weighted by Gasteiger charge is 2.15. The zero-order valence-electron chi connectivity index (χ0n) is 9.19. The summed E-state index contributed by atoms with van der Waals surface area (Å²) in [6.07, 6.45) is 0.834. The summed E-state index contributed by atoms with van der Waals surface area (Å²) in [5.41, 5.74) is 0.624. The summed E-state index contributed by atoms with van der Waals surface area (Å²) in [7, 11) is -4.25. The first kappa shape index (κ1) is 14.0. The largest absolute Gasteiger partial charge is 0.748 e. The van der Waals surface area contributed by atoms with Gasteiger partial charge in [0, 0.05) is 24.3 Å². The third-order valence-electron chi connectivity index (χ3n) is 2.26. The Kier molecular flexibility index (Phi) is 5.01. The van der Waals surface area contributed by atoms with Crippen molar-refractivity contribution < 1.29 is 27.8 Å². The van der Waals surface area contributed by atoms with Gasteiger partial charge in [-0.2, -0.15) is 4.57 Å². The molecule has 1 heterocycles. The van der Waals surface area contributed by atoms with Gasteiger partial charge in [0.05, 0.1) is 16.7 Å². The maximum atomic E-state index is 10.5. The number of aryl methyl sites for hydroxylation is 1. The molecule has 0 saturated carbocycles. The van der Waals surface area contributed by atoms with Crippen molar-refractivity contribution in [1.29, 1.82) is 0 Å². The first-order valence-corrected chi connectivity index (χ1v) is 6.70. The summed E-state index contributed by atoms with van der Waals surface area (Å²) in [5, 5.41) is 18.1. The topological polar surface area (TPSA) is 102 Å². The highest BCUT2D eigenvalue weighted by atomic mass is 32.2. The third-order valence-corrected chi connectivity index (χ3v) is 2.97. The summed E-state index contributed by atoms with van der Waals surface area (Å²) in [6.45, 7) is -0.216. The van der Waals surface area contributed by atoms with Crippen LogP contribution >= 0.6 is 0 Å². The molecule has 96 valence electrons. The Morgan fingerprint density at radius 3 is 2.71 bits per heavy atom. The summed E-state index contributed by atoms with van der Waals surface area (Å²) < 4.78 is 33.2. The highest BCUT2D eigenvalue weighted by Crippen LogP contribution is 1.97. The standard InChI is InChI=1S/C10H15NO5S/c12-8-10(13)7-11-5-2-1-3-9(11)4-6-17(14,15)16/h1-3,5,10,12-13H,4,6-8H2/t10-/m1/s1. The number of aliphatic hydroxyl groups excluding tert-OH is 2. The quantitative estimate of drug-likeness (QED) is 0.475. The van der Waals surface area contributed by atoms with Gasteiger partial charge in [-0.05, 0) is 0 Å². The molecule has 0 aromatic carbocycles. The van der Waals surface area contributed by atoms with Crippen LogP contribution in [0.4, 0.5) is 0 Å². The van der Waals surface area contributed by atoms with E-state index in [2.05, 4.69) is 0 Å². The lowest BCUT2D eigenvalue weighted by Gasteiger charge is -2.08. The second-order valence-electron chi connectivity index (χ2n) is 3.69. The molecule has 0 amide bonds. The number of aliphatic hydroxyl groups is 2. The van der Waals surface area contributed by atoms with Crippen molar-refractivity contribution in [2.75, 3.05) is 12.4 Å². The predicted octanol–water partition coefficient (Wildman–Crippen LogP) is -1.58. The smallest absolute Gasteiger partial charge is 0.182 e. The molecule has 0 spiro atoms. The molecule has 0 aliphatic carbocycles. The van der Waals surface area contributed by atoms with E-state index < -0.39 is 22.0 Å². The molecule has 0 unspecified atom stereocenters. The minimum atomic E-state index is -4.25. The van der Waals surface area contributed by atoms with Crippen molar-refractivity contribution in [2.24, 2.45) is 0 Å². The van der Waals surface area contributed by atoms with Gasteiger partial charge in [0.1, 0.15) is 6.10 Å². The first-order valence-electron chi connectivity index (χ1n) is 5.12. The molecule has 1 aromatic rings. The van der Waals surface area contributed by atoms with Crippen molar-refractivity contribution >= 4 is 10.1 Å². The minimum absolute atomic E-state index is 0.0881. The molecule has 0 saturated heterocycles. The molecule has 7 heteroatoms. The SMILES string of the molecule is O=S(=O)([O-])CCc1cccc[n+]1C[C@@H](O)CO. The lowest BCUT2D eigenvalue weighted by Crippen LogP contribution is -2.44. The fraction of sp³-hybridized carbons (Fsp3) is 0.500. The number of pyridine rings is 1. The maximum Gasteiger partial charge on any atom is 0.182 e. The van der Waals surface area contributed by atoms with Crippen molar-refractivity contribution in [2.45, 2.75) is 19.1 Å². The van der Waals surface area contributed by atoms with Crippen LogP contribution in [-0.4, -0.2) is 41.6 Å². The van der Waals surface area contributed by atoms with Crippen LogP contribution < -0.4 is 4.57 Å². The lowest BCUT2D eigenvalue weighted by atomic mass is 10.2. The van der Waals surface area contributed by atoms with Gasteiger partial charge in [-0.15, -0.1) is 0 Å². The first-order chi connectivity index (χ1) is 7.92. The Hall–Kier alpha value is -1.02. The molecule has 0 bridgehead atoms. The second kappa shape index (κ2) is 6.06. The lowest BCUT2D eigenvalue weighted by molar-refractivity contribution is -0.710. The Labute approximate surface area is 99.9 Å². The Morgan fingerprint density at radius 2 is 2.12 bits per heavy atom. The summed E-state index contributed by atoms with van der Waals surface area (Å²) in [5.74, 6) is -0.480. The number of rotatable bonds is 6. The van der Waals surface area contributed by atoms with E-state index in [-0.39, 0.29) is 19.6 Å². The number of aromatic nitrogens is 1. The monoisotopic (exact) mass is 261 g/mol. The molecule has 0 aliphatic rings. The van der Waals surface area contributed by atoms with Crippen LogP contribution in [0, 0.1) is 0 Å². The molecule has 2 N–H and O–H groups in total. The van der Waals surface area contributed by atoms with Crippen LogP contribution in [0.15, 0.2) is 24.4 Å². The van der Waals surface area contributed by atoms with Gasteiger partial charge in [0.25, 0.3) is 0 Å². The van der Waals surface area contributed by atoms with E-state index in [4.69, 9.17) is 5.11 Å². The van der Waals surface area contributed by atoms with Gasteiger partial charge >= 0.3 is 0 Å². The number of hydrogen-bond acceptors (Lipinski definition) is 5. The van der Waals surface area contributed by atoms with Crippen LogP contribution in [0.2, 0.25) is 0 Å². The molecule has 0 radical (unpaired) electrons. The van der Waals surface area contributed by atoms with Crippen molar-refractivity contribution in [3.8, 4) is 0 Å². The number of hydrogen-bond donors (Lipinski definition) is 2. The highest BCUT2D eigenvalue weighted by molar-refractivity contribution is 7.85. The molecule has 1 atom stereocenters. The van der Waals surface area contributed by atoms with E-state index in [9.17, 15) is 18.1 Å². The van der Waals surface area contributed by atoms with Gasteiger partial charge in [-0.3, -0.25) is 0 Å². The summed E-state index contributed by atoms with van der Waals surface area (Å²) >= 11 is 0. The van der Waals surface area contributed by atoms with E-state index in [1.54, 1.807) is 29.0 Å². The van der Waals surface area contributed by atoms with Gasteiger partial charge < -0.3 is 14.8 Å². The van der Waals surface area contributed by atoms with Gasteiger partial charge in [0.2, 0.25) is 0 Å². The maximum absolute atomic E-state index is 10.5. The van der Waals surface area contributed by atoms with Crippen LogP contribution in [0.1, 0.15) is 5.69 Å². The van der Waals surface area contributed by atoms with Crippen LogP contribution in [0.5, 0.6) is 0 Å². The molecule has 0 fully saturated rings. The average Bonchev–Trinajstić information content (AvgIpc) is 2.26. The van der Waals surface area contributed by atoms with E-state index in [1.165, 1.54) is 0 Å². The van der Waals surface area contributed by atoms with Crippen molar-refractivity contribution in [3.05, 3.63) is 30.1 Å². The van der Waals surface area contributed by atoms with E-state index in [1.807, 2.05) is 0 Å². The normalized spacial score (nSPS) is 13.6. The Morgan fingerprint density at radius 1 is 1.41 bits per heavy atom. The van der Waals surface area contributed by atoms with Gasteiger partial charge in [-0.25, -0.2) is 8.42 Å². The van der Waals surface area contributed by atoms with Crippen LogP contribution in [-0.2, 0) is 23.1 Å². The van der Waals surface area contributed by atoms with Crippen LogP contribution in [0.3, 0.4) is 0 Å². The van der Waals surface area contributed by atoms with E-state index in [0.29, 0.717) is 5.69 Å². The zero-order chi connectivity index (χ0) is 12.9. The average molecular weight is 261 g/mol. The fourth-order valence-electron chi connectivity index (χ4n) is 1.43. The molecule has 0 aliphatic heterocycles. The predicted molar refractivity (Wildman–Crippen MR) is 58.0 cm³/mol. The molecule has 6 nitrogen and oxygen atoms in total. The summed E-state index contributed by atoms with van der Waals surface area (Å²) in [6, 6.07) is 5.11. The van der Waals surface area contributed by atoms with E-state index in [0.717, 1.165) is 0 Å². The second-order valence-corrected chi connectivity index (χ2v) is 5.22. The number of nitrogens with zero attached hydrogens (tertiary/aromatic N) is 1. The zero-order valence-corrected chi connectivity index (χ0v) is 10.0. The van der Waals surface area contributed by atoms with Gasteiger partial charge in [-0.1, -0.05) is 6.07 Å². The Bertz CT molecular complexity index is 460. The molecule has 17 heavy (non-hydrogen) atoms. The third kappa shape index (κ3) is 5.22. The van der Waals surface area contributed by atoms with Crippen molar-refractivity contribution in [3.63, 3.8) is 0 Å². The van der Waals surface area contributed by atoms with E-state index >= 15 is 0 Å².